The first-order chi connectivity index (χ1) is 9.84. The first kappa shape index (κ1) is 14.5. The van der Waals surface area contributed by atoms with Crippen molar-refractivity contribution in [3.63, 3.8) is 0 Å². The van der Waals surface area contributed by atoms with Crippen LogP contribution in [0.3, 0.4) is 0 Å². The van der Waals surface area contributed by atoms with Crippen molar-refractivity contribution in [1.82, 2.24) is 5.32 Å². The third kappa shape index (κ3) is 5.36. The minimum Gasteiger partial charge on any atom is -0.383 e. The molecular weight excluding hydrogens is 268 g/mol. The van der Waals surface area contributed by atoms with Gasteiger partial charge in [0.05, 0.1) is 5.75 Å². The predicted octanol–water partition coefficient (Wildman–Crippen LogP) is 3.01. The van der Waals surface area contributed by atoms with E-state index in [9.17, 15) is 4.79 Å². The number of carbonyl (C=O) groups excluding carboxylic acids is 1. The van der Waals surface area contributed by atoms with Crippen LogP contribution in [0.4, 0.5) is 5.69 Å². The van der Waals surface area contributed by atoms with Crippen LogP contribution in [-0.2, 0) is 4.79 Å². The topological polar surface area (TPSA) is 41.1 Å². The van der Waals surface area contributed by atoms with Gasteiger partial charge >= 0.3 is 0 Å². The molecule has 20 heavy (non-hydrogen) atoms. The summed E-state index contributed by atoms with van der Waals surface area (Å²) in [5, 5.41) is 6.15. The molecule has 0 saturated heterocycles. The highest BCUT2D eigenvalue weighted by Crippen LogP contribution is 2.16. The zero-order valence-corrected chi connectivity index (χ0v) is 12.0. The molecule has 0 aliphatic carbocycles. The van der Waals surface area contributed by atoms with E-state index in [1.54, 1.807) is 11.8 Å². The van der Waals surface area contributed by atoms with E-state index >= 15 is 0 Å². The summed E-state index contributed by atoms with van der Waals surface area (Å²) >= 11 is 1.55. The van der Waals surface area contributed by atoms with Gasteiger partial charge in [0, 0.05) is 23.7 Å². The van der Waals surface area contributed by atoms with Gasteiger partial charge in [0.2, 0.25) is 5.91 Å². The first-order valence-electron chi connectivity index (χ1n) is 6.58. The van der Waals surface area contributed by atoms with Crippen LogP contribution in [0.5, 0.6) is 0 Å². The van der Waals surface area contributed by atoms with E-state index in [0.717, 1.165) is 17.1 Å². The van der Waals surface area contributed by atoms with Gasteiger partial charge in [0.1, 0.15) is 0 Å². The van der Waals surface area contributed by atoms with Gasteiger partial charge in [-0.3, -0.25) is 4.79 Å². The van der Waals surface area contributed by atoms with E-state index < -0.39 is 0 Å². The largest absolute Gasteiger partial charge is 0.383 e. The second-order valence-corrected chi connectivity index (χ2v) is 5.29. The maximum atomic E-state index is 11.7. The SMILES string of the molecule is O=C(CSc1ccccc1)NCCNc1ccccc1. The van der Waals surface area contributed by atoms with E-state index in [4.69, 9.17) is 0 Å². The molecule has 0 radical (unpaired) electrons. The van der Waals surface area contributed by atoms with Gasteiger partial charge in [-0.15, -0.1) is 11.8 Å². The van der Waals surface area contributed by atoms with Crippen molar-refractivity contribution in [3.05, 3.63) is 60.7 Å². The molecule has 2 N–H and O–H groups in total. The van der Waals surface area contributed by atoms with Crippen LogP contribution >= 0.6 is 11.8 Å². The lowest BCUT2D eigenvalue weighted by atomic mass is 10.3. The summed E-state index contributed by atoms with van der Waals surface area (Å²) in [4.78, 5) is 12.8. The molecule has 2 aromatic rings. The lowest BCUT2D eigenvalue weighted by Crippen LogP contribution is -2.30. The molecule has 0 saturated carbocycles. The van der Waals surface area contributed by atoms with Gasteiger partial charge in [-0.2, -0.15) is 0 Å². The van der Waals surface area contributed by atoms with Crippen LogP contribution in [-0.4, -0.2) is 24.7 Å². The molecule has 0 aliphatic heterocycles. The molecule has 2 aromatic carbocycles. The third-order valence-corrected chi connectivity index (χ3v) is 3.68. The fraction of sp³-hybridized carbons (Fsp3) is 0.188. The van der Waals surface area contributed by atoms with Crippen LogP contribution in [0.1, 0.15) is 0 Å². The quantitative estimate of drug-likeness (QED) is 0.607. The van der Waals surface area contributed by atoms with E-state index in [1.165, 1.54) is 0 Å². The van der Waals surface area contributed by atoms with E-state index in [1.807, 2.05) is 60.7 Å². The molecule has 0 unspecified atom stereocenters. The predicted molar refractivity (Wildman–Crippen MR) is 85.1 cm³/mol. The highest BCUT2D eigenvalue weighted by atomic mass is 32.2. The molecule has 104 valence electrons. The molecule has 2 rings (SSSR count). The fourth-order valence-electron chi connectivity index (χ4n) is 1.68. The summed E-state index contributed by atoms with van der Waals surface area (Å²) < 4.78 is 0. The van der Waals surface area contributed by atoms with Crippen LogP contribution in [0.25, 0.3) is 0 Å². The molecule has 0 aliphatic rings. The Labute approximate surface area is 123 Å². The van der Waals surface area contributed by atoms with Crippen LogP contribution in [0, 0.1) is 0 Å². The Morgan fingerprint density at radius 2 is 1.55 bits per heavy atom. The van der Waals surface area contributed by atoms with Crippen LogP contribution in [0.15, 0.2) is 65.6 Å². The Bertz CT molecular complexity index is 517. The molecule has 0 spiro atoms. The third-order valence-electron chi connectivity index (χ3n) is 2.66. The van der Waals surface area contributed by atoms with Gasteiger partial charge in [-0.05, 0) is 24.3 Å². The second-order valence-electron chi connectivity index (χ2n) is 4.24. The number of benzene rings is 2. The minimum absolute atomic E-state index is 0.0636. The standard InChI is InChI=1S/C16H18N2OS/c19-16(13-20-15-9-5-2-6-10-15)18-12-11-17-14-7-3-1-4-8-14/h1-10,17H,11-13H2,(H,18,19). The zero-order chi connectivity index (χ0) is 14.0. The Morgan fingerprint density at radius 1 is 0.900 bits per heavy atom. The van der Waals surface area contributed by atoms with Crippen molar-refractivity contribution in [3.8, 4) is 0 Å². The highest BCUT2D eigenvalue weighted by Gasteiger charge is 2.01. The number of anilines is 1. The Balaban J connectivity index is 1.59. The molecule has 0 bridgehead atoms. The summed E-state index contributed by atoms with van der Waals surface area (Å²) in [5.74, 6) is 0.517. The number of carbonyl (C=O) groups is 1. The van der Waals surface area contributed by atoms with Crippen molar-refractivity contribution in [1.29, 1.82) is 0 Å². The maximum absolute atomic E-state index is 11.7. The second kappa shape index (κ2) is 8.27. The van der Waals surface area contributed by atoms with Crippen molar-refractivity contribution in [2.45, 2.75) is 4.90 Å². The molecule has 3 nitrogen and oxygen atoms in total. The summed E-state index contributed by atoms with van der Waals surface area (Å²) in [6.45, 7) is 1.36. The normalized spacial score (nSPS) is 10.0. The lowest BCUT2D eigenvalue weighted by molar-refractivity contribution is -0.118. The minimum atomic E-state index is 0.0636. The number of nitrogens with one attached hydrogen (secondary N) is 2. The van der Waals surface area contributed by atoms with Crippen LogP contribution < -0.4 is 10.6 Å². The number of thioether (sulfide) groups is 1. The zero-order valence-electron chi connectivity index (χ0n) is 11.2. The highest BCUT2D eigenvalue weighted by molar-refractivity contribution is 8.00. The summed E-state index contributed by atoms with van der Waals surface area (Å²) in [6, 6.07) is 19.9. The van der Waals surface area contributed by atoms with Crippen LogP contribution in [0.2, 0.25) is 0 Å². The van der Waals surface area contributed by atoms with Crippen molar-refractivity contribution < 1.29 is 4.79 Å². The Morgan fingerprint density at radius 3 is 2.25 bits per heavy atom. The number of hydrogen-bond donors (Lipinski definition) is 2. The summed E-state index contributed by atoms with van der Waals surface area (Å²) in [7, 11) is 0. The van der Waals surface area contributed by atoms with E-state index in [0.29, 0.717) is 12.3 Å². The molecule has 0 aromatic heterocycles. The van der Waals surface area contributed by atoms with Crippen molar-refractivity contribution in [2.24, 2.45) is 0 Å². The van der Waals surface area contributed by atoms with Gasteiger partial charge in [-0.25, -0.2) is 0 Å². The first-order valence-corrected chi connectivity index (χ1v) is 7.56. The molecule has 4 heteroatoms. The molecule has 1 amide bonds. The maximum Gasteiger partial charge on any atom is 0.230 e. The van der Waals surface area contributed by atoms with Crippen molar-refractivity contribution in [2.75, 3.05) is 24.2 Å². The Kier molecular flexibility index (Phi) is 5.99. The van der Waals surface area contributed by atoms with Gasteiger partial charge in [-0.1, -0.05) is 36.4 Å². The van der Waals surface area contributed by atoms with Gasteiger partial charge in [0.25, 0.3) is 0 Å². The van der Waals surface area contributed by atoms with Gasteiger partial charge < -0.3 is 10.6 Å². The average Bonchev–Trinajstić information content (AvgIpc) is 2.52. The van der Waals surface area contributed by atoms with E-state index in [2.05, 4.69) is 10.6 Å². The molecule has 0 heterocycles. The number of para-hydroxylation sites is 1. The average molecular weight is 286 g/mol. The Hall–Kier alpha value is -1.94. The molecule has 0 fully saturated rings. The van der Waals surface area contributed by atoms with Crippen molar-refractivity contribution >= 4 is 23.4 Å². The molecule has 0 atom stereocenters. The monoisotopic (exact) mass is 286 g/mol. The van der Waals surface area contributed by atoms with E-state index in [-0.39, 0.29) is 5.91 Å². The smallest absolute Gasteiger partial charge is 0.230 e. The number of amides is 1. The fourth-order valence-corrected chi connectivity index (χ4v) is 2.43. The number of hydrogen-bond acceptors (Lipinski definition) is 3. The summed E-state index contributed by atoms with van der Waals surface area (Å²) in [6.07, 6.45) is 0. The van der Waals surface area contributed by atoms with Gasteiger partial charge in [0.15, 0.2) is 0 Å². The number of rotatable bonds is 7. The molecular formula is C16H18N2OS. The summed E-state index contributed by atoms with van der Waals surface area (Å²) in [5.41, 5.74) is 1.07. The lowest BCUT2D eigenvalue weighted by Gasteiger charge is -2.07.